The maximum Gasteiger partial charge on any atom is 0.322 e. The van der Waals surface area contributed by atoms with Crippen LogP contribution in [0.1, 0.15) is 32.1 Å². The zero-order valence-electron chi connectivity index (χ0n) is 7.54. The Bertz CT molecular complexity index is 169. The van der Waals surface area contributed by atoms with Gasteiger partial charge in [0.15, 0.2) is 0 Å². The number of thioether (sulfide) groups is 1. The quantitative estimate of drug-likeness (QED) is 0.744. The van der Waals surface area contributed by atoms with Gasteiger partial charge in [0.25, 0.3) is 0 Å². The summed E-state index contributed by atoms with van der Waals surface area (Å²) in [4.78, 5) is 10.4. The summed E-state index contributed by atoms with van der Waals surface area (Å²) in [7, 11) is 0. The van der Waals surface area contributed by atoms with Gasteiger partial charge in [0.1, 0.15) is 5.38 Å². The van der Waals surface area contributed by atoms with Crippen molar-refractivity contribution in [1.29, 1.82) is 0 Å². The Labute approximate surface area is 88.0 Å². The second kappa shape index (κ2) is 5.76. The van der Waals surface area contributed by atoms with Crippen LogP contribution in [0.5, 0.6) is 0 Å². The minimum absolute atomic E-state index is 0.543. The summed E-state index contributed by atoms with van der Waals surface area (Å²) in [5.41, 5.74) is 0. The van der Waals surface area contributed by atoms with Crippen molar-refractivity contribution in [2.24, 2.45) is 0 Å². The van der Waals surface area contributed by atoms with Crippen LogP contribution in [0.25, 0.3) is 0 Å². The van der Waals surface area contributed by atoms with Gasteiger partial charge in [-0.2, -0.15) is 11.8 Å². The van der Waals surface area contributed by atoms with Crippen molar-refractivity contribution in [3.63, 3.8) is 0 Å². The van der Waals surface area contributed by atoms with E-state index in [1.54, 1.807) is 11.8 Å². The molecule has 0 aromatic carbocycles. The molecule has 0 radical (unpaired) electrons. The predicted molar refractivity (Wildman–Crippen MR) is 56.6 cm³/mol. The molecule has 1 saturated carbocycles. The molecule has 0 bridgehead atoms. The second-order valence-corrected chi connectivity index (χ2v) is 5.26. The van der Waals surface area contributed by atoms with Crippen LogP contribution in [0, 0.1) is 0 Å². The van der Waals surface area contributed by atoms with Gasteiger partial charge in [0.2, 0.25) is 0 Å². The van der Waals surface area contributed by atoms with Crippen LogP contribution in [0.2, 0.25) is 0 Å². The van der Waals surface area contributed by atoms with E-state index in [9.17, 15) is 4.79 Å². The van der Waals surface area contributed by atoms with E-state index in [1.807, 2.05) is 0 Å². The molecule has 4 heteroatoms. The van der Waals surface area contributed by atoms with Gasteiger partial charge < -0.3 is 5.11 Å². The minimum Gasteiger partial charge on any atom is -0.480 e. The summed E-state index contributed by atoms with van der Waals surface area (Å²) in [6, 6.07) is 0. The van der Waals surface area contributed by atoms with E-state index in [1.165, 1.54) is 32.1 Å². The normalized spacial score (nSPS) is 21.3. The molecule has 1 aliphatic rings. The molecule has 0 spiro atoms. The van der Waals surface area contributed by atoms with E-state index >= 15 is 0 Å². The number of alkyl halides is 1. The highest BCUT2D eigenvalue weighted by molar-refractivity contribution is 8.00. The standard InChI is InChI=1S/C9H15ClO2S/c10-8(9(11)12)6-13-7-4-2-1-3-5-7/h7-8H,1-6H2,(H,11,12). The molecule has 76 valence electrons. The van der Waals surface area contributed by atoms with Gasteiger partial charge in [-0.1, -0.05) is 19.3 Å². The number of halogens is 1. The summed E-state index contributed by atoms with van der Waals surface area (Å²) >= 11 is 7.34. The highest BCUT2D eigenvalue weighted by atomic mass is 35.5. The third-order valence-electron chi connectivity index (χ3n) is 2.30. The molecule has 1 unspecified atom stereocenters. The van der Waals surface area contributed by atoms with Crippen LogP contribution in [-0.2, 0) is 4.79 Å². The number of hydrogen-bond donors (Lipinski definition) is 1. The summed E-state index contributed by atoms with van der Waals surface area (Å²) in [5, 5.41) is 8.50. The van der Waals surface area contributed by atoms with Gasteiger partial charge in [-0.15, -0.1) is 11.6 Å². The van der Waals surface area contributed by atoms with Crippen molar-refractivity contribution < 1.29 is 9.90 Å². The first-order chi connectivity index (χ1) is 6.20. The number of carboxylic acid groups (broad SMARTS) is 1. The van der Waals surface area contributed by atoms with Crippen LogP contribution < -0.4 is 0 Å². The van der Waals surface area contributed by atoms with Crippen molar-refractivity contribution in [2.45, 2.75) is 42.7 Å². The van der Waals surface area contributed by atoms with Crippen LogP contribution >= 0.6 is 23.4 Å². The van der Waals surface area contributed by atoms with Gasteiger partial charge in [-0.25, -0.2) is 0 Å². The molecule has 0 aromatic rings. The Balaban J connectivity index is 2.13. The lowest BCUT2D eigenvalue weighted by molar-refractivity contribution is -0.136. The first-order valence-corrected chi connectivity index (χ1v) is 6.17. The molecule has 0 aromatic heterocycles. The Morgan fingerprint density at radius 1 is 1.46 bits per heavy atom. The number of aliphatic carboxylic acids is 1. The highest BCUT2D eigenvalue weighted by Crippen LogP contribution is 2.29. The molecule has 2 nitrogen and oxygen atoms in total. The van der Waals surface area contributed by atoms with Gasteiger partial charge >= 0.3 is 5.97 Å². The summed E-state index contributed by atoms with van der Waals surface area (Å²) in [6.07, 6.45) is 6.37. The maximum absolute atomic E-state index is 10.4. The lowest BCUT2D eigenvalue weighted by Gasteiger charge is -2.21. The first-order valence-electron chi connectivity index (χ1n) is 4.68. The number of carbonyl (C=O) groups is 1. The fourth-order valence-electron chi connectivity index (χ4n) is 1.52. The first kappa shape index (κ1) is 11.2. The SMILES string of the molecule is O=C(O)C(Cl)CSC1CCCCC1. The van der Waals surface area contributed by atoms with E-state index in [0.717, 1.165) is 0 Å². The van der Waals surface area contributed by atoms with E-state index < -0.39 is 11.3 Å². The third-order valence-corrected chi connectivity index (χ3v) is 4.29. The average Bonchev–Trinajstić information content (AvgIpc) is 2.15. The molecule has 0 aliphatic heterocycles. The monoisotopic (exact) mass is 222 g/mol. The third kappa shape index (κ3) is 4.23. The topological polar surface area (TPSA) is 37.3 Å². The van der Waals surface area contributed by atoms with E-state index in [-0.39, 0.29) is 0 Å². The summed E-state index contributed by atoms with van der Waals surface area (Å²) in [5.74, 6) is -0.355. The largest absolute Gasteiger partial charge is 0.480 e. The van der Waals surface area contributed by atoms with Gasteiger partial charge in [0, 0.05) is 11.0 Å². The van der Waals surface area contributed by atoms with E-state index in [4.69, 9.17) is 16.7 Å². The van der Waals surface area contributed by atoms with Crippen molar-refractivity contribution in [2.75, 3.05) is 5.75 Å². The Morgan fingerprint density at radius 3 is 2.62 bits per heavy atom. The van der Waals surface area contributed by atoms with Crippen LogP contribution in [0.4, 0.5) is 0 Å². The molecule has 0 amide bonds. The lowest BCUT2D eigenvalue weighted by atomic mass is 10.0. The Kier molecular flexibility index (Phi) is 4.96. The molecule has 1 rings (SSSR count). The fourth-order valence-corrected chi connectivity index (χ4v) is 2.99. The smallest absolute Gasteiger partial charge is 0.322 e. The zero-order chi connectivity index (χ0) is 9.68. The summed E-state index contributed by atoms with van der Waals surface area (Å²) in [6.45, 7) is 0. The zero-order valence-corrected chi connectivity index (χ0v) is 9.11. The van der Waals surface area contributed by atoms with Crippen LogP contribution in [0.3, 0.4) is 0 Å². The van der Waals surface area contributed by atoms with Gasteiger partial charge in [-0.3, -0.25) is 4.79 Å². The Hall–Kier alpha value is 0.110. The Morgan fingerprint density at radius 2 is 2.08 bits per heavy atom. The van der Waals surface area contributed by atoms with E-state index in [2.05, 4.69) is 0 Å². The van der Waals surface area contributed by atoms with Gasteiger partial charge in [-0.05, 0) is 12.8 Å². The number of carboxylic acids is 1. The lowest BCUT2D eigenvalue weighted by Crippen LogP contribution is -2.18. The number of hydrogen-bond acceptors (Lipinski definition) is 2. The van der Waals surface area contributed by atoms with E-state index in [0.29, 0.717) is 11.0 Å². The average molecular weight is 223 g/mol. The molecular weight excluding hydrogens is 208 g/mol. The van der Waals surface area contributed by atoms with Crippen molar-refractivity contribution >= 4 is 29.3 Å². The maximum atomic E-state index is 10.4. The molecular formula is C9H15ClO2S. The van der Waals surface area contributed by atoms with Gasteiger partial charge in [0.05, 0.1) is 0 Å². The van der Waals surface area contributed by atoms with Crippen molar-refractivity contribution in [3.8, 4) is 0 Å². The number of rotatable bonds is 4. The van der Waals surface area contributed by atoms with Crippen LogP contribution in [0.15, 0.2) is 0 Å². The fraction of sp³-hybridized carbons (Fsp3) is 0.889. The minimum atomic E-state index is -0.898. The van der Waals surface area contributed by atoms with Crippen molar-refractivity contribution in [3.05, 3.63) is 0 Å². The molecule has 1 aliphatic carbocycles. The van der Waals surface area contributed by atoms with Crippen molar-refractivity contribution in [1.82, 2.24) is 0 Å². The molecule has 1 atom stereocenters. The van der Waals surface area contributed by atoms with Crippen LogP contribution in [-0.4, -0.2) is 27.5 Å². The molecule has 1 fully saturated rings. The highest BCUT2D eigenvalue weighted by Gasteiger charge is 2.18. The molecule has 0 heterocycles. The molecule has 13 heavy (non-hydrogen) atoms. The summed E-state index contributed by atoms with van der Waals surface area (Å²) < 4.78 is 0. The molecule has 0 saturated heterocycles. The predicted octanol–water partition coefficient (Wildman–Crippen LogP) is 2.74. The molecule has 1 N–H and O–H groups in total. The second-order valence-electron chi connectivity index (χ2n) is 3.40.